The number of hydrogen-bond donors (Lipinski definition) is 1. The van der Waals surface area contributed by atoms with Crippen LogP contribution in [0.5, 0.6) is 0 Å². The molecule has 1 heterocycles. The number of aromatic nitrogens is 1. The summed E-state index contributed by atoms with van der Waals surface area (Å²) < 4.78 is 25.6. The summed E-state index contributed by atoms with van der Waals surface area (Å²) in [5, 5.41) is 8.61. The van der Waals surface area contributed by atoms with Crippen molar-refractivity contribution in [3.05, 3.63) is 23.9 Å². The quantitative estimate of drug-likeness (QED) is 0.880. The molecular formula is C11H14N2O4S. The topological polar surface area (TPSA) is 87.6 Å². The van der Waals surface area contributed by atoms with Gasteiger partial charge >= 0.3 is 5.97 Å². The number of carbonyl (C=O) groups is 1. The van der Waals surface area contributed by atoms with Crippen LogP contribution < -0.4 is 0 Å². The molecule has 6 nitrogen and oxygen atoms in total. The second kappa shape index (κ2) is 4.66. The van der Waals surface area contributed by atoms with Gasteiger partial charge in [0.05, 0.1) is 5.56 Å². The Morgan fingerprint density at radius 2 is 2.11 bits per heavy atom. The maximum absolute atomic E-state index is 12.2. The average molecular weight is 270 g/mol. The number of nitrogens with zero attached hydrogens (tertiary/aromatic N) is 2. The molecule has 1 aromatic heterocycles. The Balaban J connectivity index is 2.26. The molecule has 0 saturated heterocycles. The lowest BCUT2D eigenvalue weighted by atomic mass is 9.94. The fourth-order valence-corrected chi connectivity index (χ4v) is 3.08. The molecular weight excluding hydrogens is 256 g/mol. The van der Waals surface area contributed by atoms with Gasteiger partial charge in [0, 0.05) is 19.3 Å². The van der Waals surface area contributed by atoms with Crippen LogP contribution in [0.4, 0.5) is 0 Å². The van der Waals surface area contributed by atoms with Crippen LogP contribution in [0.15, 0.2) is 23.4 Å². The number of carboxylic acid groups (broad SMARTS) is 1. The van der Waals surface area contributed by atoms with Gasteiger partial charge < -0.3 is 5.11 Å². The van der Waals surface area contributed by atoms with Crippen molar-refractivity contribution in [3.8, 4) is 0 Å². The molecule has 0 radical (unpaired) electrons. The molecule has 0 spiro atoms. The Kier molecular flexibility index (Phi) is 3.36. The van der Waals surface area contributed by atoms with Crippen LogP contribution in [-0.2, 0) is 10.0 Å². The SMILES string of the molecule is CN(C1CCC1)S(=O)(=O)c1ccc(C(=O)O)cn1. The van der Waals surface area contributed by atoms with Crippen LogP contribution in [0, 0.1) is 0 Å². The Morgan fingerprint density at radius 1 is 1.44 bits per heavy atom. The monoisotopic (exact) mass is 270 g/mol. The summed E-state index contributed by atoms with van der Waals surface area (Å²) in [6.45, 7) is 0. The predicted molar refractivity (Wildman–Crippen MR) is 63.8 cm³/mol. The average Bonchev–Trinajstić information content (AvgIpc) is 2.26. The van der Waals surface area contributed by atoms with Crippen LogP contribution in [-0.4, -0.2) is 41.9 Å². The zero-order valence-electron chi connectivity index (χ0n) is 9.91. The molecule has 1 aliphatic rings. The standard InChI is InChI=1S/C11H14N2O4S/c1-13(9-3-2-4-9)18(16,17)10-6-5-8(7-12-10)11(14)15/h5-7,9H,2-4H2,1H3,(H,14,15). The number of hydrogen-bond acceptors (Lipinski definition) is 4. The minimum absolute atomic E-state index is 0.0275. The lowest BCUT2D eigenvalue weighted by Crippen LogP contribution is -2.41. The third kappa shape index (κ3) is 2.23. The Morgan fingerprint density at radius 3 is 2.50 bits per heavy atom. The highest BCUT2D eigenvalue weighted by molar-refractivity contribution is 7.89. The molecule has 1 N–H and O–H groups in total. The molecule has 0 bridgehead atoms. The van der Waals surface area contributed by atoms with Crippen LogP contribution in [0.1, 0.15) is 29.6 Å². The molecule has 0 amide bonds. The van der Waals surface area contributed by atoms with E-state index in [2.05, 4.69) is 4.98 Å². The number of pyridine rings is 1. The minimum Gasteiger partial charge on any atom is -0.478 e. The van der Waals surface area contributed by atoms with Gasteiger partial charge in [-0.15, -0.1) is 0 Å². The van der Waals surface area contributed by atoms with Gasteiger partial charge in [0.2, 0.25) is 0 Å². The minimum atomic E-state index is -3.61. The zero-order valence-corrected chi connectivity index (χ0v) is 10.7. The number of aromatic carboxylic acids is 1. The van der Waals surface area contributed by atoms with Crippen molar-refractivity contribution < 1.29 is 18.3 Å². The second-order valence-electron chi connectivity index (χ2n) is 4.30. The predicted octanol–water partition coefficient (Wildman–Crippen LogP) is 0.953. The third-order valence-corrected chi connectivity index (χ3v) is 5.04. The molecule has 1 fully saturated rings. The van der Waals surface area contributed by atoms with E-state index >= 15 is 0 Å². The molecule has 0 atom stereocenters. The van der Waals surface area contributed by atoms with Crippen molar-refractivity contribution in [2.45, 2.75) is 30.3 Å². The van der Waals surface area contributed by atoms with Crippen molar-refractivity contribution in [3.63, 3.8) is 0 Å². The van der Waals surface area contributed by atoms with E-state index in [9.17, 15) is 13.2 Å². The Hall–Kier alpha value is -1.47. The maximum Gasteiger partial charge on any atom is 0.337 e. The first-order chi connectivity index (χ1) is 8.43. The summed E-state index contributed by atoms with van der Waals surface area (Å²) in [6.07, 6.45) is 3.83. The number of sulfonamides is 1. The van der Waals surface area contributed by atoms with Crippen molar-refractivity contribution >= 4 is 16.0 Å². The van der Waals surface area contributed by atoms with Gasteiger partial charge in [0.25, 0.3) is 10.0 Å². The molecule has 0 aromatic carbocycles. The molecule has 98 valence electrons. The van der Waals surface area contributed by atoms with Crippen LogP contribution in [0.3, 0.4) is 0 Å². The summed E-state index contributed by atoms with van der Waals surface area (Å²) in [4.78, 5) is 14.4. The molecule has 18 heavy (non-hydrogen) atoms. The Bertz CT molecular complexity index is 549. The fraction of sp³-hybridized carbons (Fsp3) is 0.455. The Labute approximate surface area is 105 Å². The lowest BCUT2D eigenvalue weighted by molar-refractivity contribution is 0.0696. The molecule has 1 saturated carbocycles. The molecule has 7 heteroatoms. The highest BCUT2D eigenvalue weighted by atomic mass is 32.2. The number of carboxylic acids is 1. The van der Waals surface area contributed by atoms with E-state index in [-0.39, 0.29) is 16.6 Å². The summed E-state index contributed by atoms with van der Waals surface area (Å²) in [6, 6.07) is 2.51. The van der Waals surface area contributed by atoms with E-state index in [1.165, 1.54) is 23.5 Å². The van der Waals surface area contributed by atoms with Crippen molar-refractivity contribution in [1.29, 1.82) is 0 Å². The second-order valence-corrected chi connectivity index (χ2v) is 6.24. The van der Waals surface area contributed by atoms with E-state index in [4.69, 9.17) is 5.11 Å². The first-order valence-electron chi connectivity index (χ1n) is 5.60. The van der Waals surface area contributed by atoms with E-state index in [1.54, 1.807) is 0 Å². The van der Waals surface area contributed by atoms with Gasteiger partial charge in [0.15, 0.2) is 5.03 Å². The van der Waals surface area contributed by atoms with Gasteiger partial charge in [-0.1, -0.05) is 6.42 Å². The summed E-state index contributed by atoms with van der Waals surface area (Å²) in [7, 11) is -2.08. The van der Waals surface area contributed by atoms with Gasteiger partial charge in [-0.3, -0.25) is 0 Å². The summed E-state index contributed by atoms with van der Waals surface area (Å²) in [5.74, 6) is -1.13. The first-order valence-corrected chi connectivity index (χ1v) is 7.04. The largest absolute Gasteiger partial charge is 0.478 e. The van der Waals surface area contributed by atoms with E-state index in [0.717, 1.165) is 25.5 Å². The van der Waals surface area contributed by atoms with Crippen LogP contribution in [0.25, 0.3) is 0 Å². The van der Waals surface area contributed by atoms with E-state index in [1.807, 2.05) is 0 Å². The molecule has 2 rings (SSSR count). The van der Waals surface area contributed by atoms with Crippen molar-refractivity contribution in [1.82, 2.24) is 9.29 Å². The highest BCUT2D eigenvalue weighted by Gasteiger charge is 2.32. The third-order valence-electron chi connectivity index (χ3n) is 3.22. The van der Waals surface area contributed by atoms with E-state index in [0.29, 0.717) is 0 Å². The van der Waals surface area contributed by atoms with Gasteiger partial charge in [0.1, 0.15) is 0 Å². The van der Waals surface area contributed by atoms with E-state index < -0.39 is 16.0 Å². The molecule has 0 unspecified atom stereocenters. The fourth-order valence-electron chi connectivity index (χ4n) is 1.75. The lowest BCUT2D eigenvalue weighted by Gasteiger charge is -2.33. The normalized spacial score (nSPS) is 16.6. The summed E-state index contributed by atoms with van der Waals surface area (Å²) in [5.41, 5.74) is -0.0275. The van der Waals surface area contributed by atoms with Gasteiger partial charge in [-0.05, 0) is 25.0 Å². The molecule has 0 aliphatic heterocycles. The van der Waals surface area contributed by atoms with Crippen molar-refractivity contribution in [2.75, 3.05) is 7.05 Å². The molecule has 1 aliphatic carbocycles. The van der Waals surface area contributed by atoms with Gasteiger partial charge in [-0.25, -0.2) is 18.2 Å². The zero-order chi connectivity index (χ0) is 13.3. The van der Waals surface area contributed by atoms with Crippen molar-refractivity contribution in [2.24, 2.45) is 0 Å². The smallest absolute Gasteiger partial charge is 0.337 e. The number of rotatable bonds is 4. The maximum atomic E-state index is 12.2. The van der Waals surface area contributed by atoms with Gasteiger partial charge in [-0.2, -0.15) is 4.31 Å². The summed E-state index contributed by atoms with van der Waals surface area (Å²) >= 11 is 0. The van der Waals surface area contributed by atoms with Crippen LogP contribution in [0.2, 0.25) is 0 Å². The highest BCUT2D eigenvalue weighted by Crippen LogP contribution is 2.27. The first kappa shape index (κ1) is 13.0. The van der Waals surface area contributed by atoms with Crippen LogP contribution >= 0.6 is 0 Å². The molecule has 1 aromatic rings.